The number of aromatic nitrogens is 3. The second-order valence-corrected chi connectivity index (χ2v) is 5.44. The normalized spacial score (nSPS) is 12.8. The van der Waals surface area contributed by atoms with Gasteiger partial charge in [-0.2, -0.15) is 18.3 Å². The van der Waals surface area contributed by atoms with Gasteiger partial charge in [-0.1, -0.05) is 25.5 Å². The zero-order chi connectivity index (χ0) is 17.6. The average molecular weight is 340 g/mol. The average Bonchev–Trinajstić information content (AvgIpc) is 3.05. The first kappa shape index (κ1) is 18.0. The van der Waals surface area contributed by atoms with Crippen LogP contribution in [0.25, 0.3) is 0 Å². The van der Waals surface area contributed by atoms with Crippen LogP contribution in [-0.4, -0.2) is 20.7 Å². The minimum atomic E-state index is -4.40. The molecule has 1 N–H and O–H groups in total. The van der Waals surface area contributed by atoms with Crippen LogP contribution in [0, 0.1) is 0 Å². The fraction of sp³-hybridized carbons (Fsp3) is 0.438. The number of alkyl halides is 3. The highest BCUT2D eigenvalue weighted by atomic mass is 19.4. The van der Waals surface area contributed by atoms with Crippen LogP contribution in [-0.2, 0) is 17.5 Å². The monoisotopic (exact) mass is 340 g/mol. The van der Waals surface area contributed by atoms with Crippen LogP contribution >= 0.6 is 0 Å². The lowest BCUT2D eigenvalue weighted by atomic mass is 9.99. The molecule has 1 aromatic carbocycles. The molecule has 1 aromatic heterocycles. The van der Waals surface area contributed by atoms with Crippen LogP contribution < -0.4 is 5.32 Å². The first-order valence-corrected chi connectivity index (χ1v) is 7.69. The highest BCUT2D eigenvalue weighted by molar-refractivity contribution is 5.76. The van der Waals surface area contributed by atoms with E-state index in [4.69, 9.17) is 0 Å². The number of rotatable bonds is 7. The fourth-order valence-corrected chi connectivity index (χ4v) is 2.37. The van der Waals surface area contributed by atoms with E-state index in [2.05, 4.69) is 15.4 Å². The molecule has 0 spiro atoms. The van der Waals surface area contributed by atoms with Crippen molar-refractivity contribution in [3.63, 3.8) is 0 Å². The Hall–Kier alpha value is -2.38. The second kappa shape index (κ2) is 7.94. The second-order valence-electron chi connectivity index (χ2n) is 5.44. The topological polar surface area (TPSA) is 59.8 Å². The van der Waals surface area contributed by atoms with Gasteiger partial charge in [0.2, 0.25) is 5.91 Å². The smallest absolute Gasteiger partial charge is 0.349 e. The summed E-state index contributed by atoms with van der Waals surface area (Å²) in [6, 6.07) is 4.65. The van der Waals surface area contributed by atoms with Gasteiger partial charge in [0.15, 0.2) is 0 Å². The summed E-state index contributed by atoms with van der Waals surface area (Å²) < 4.78 is 40.1. The number of halogens is 3. The summed E-state index contributed by atoms with van der Waals surface area (Å²) in [6.07, 6.45) is -0.0307. The molecule has 1 heterocycles. The van der Waals surface area contributed by atoms with E-state index in [1.165, 1.54) is 23.4 Å². The van der Waals surface area contributed by atoms with Gasteiger partial charge in [0, 0.05) is 6.42 Å². The molecule has 5 nitrogen and oxygen atoms in total. The van der Waals surface area contributed by atoms with Gasteiger partial charge in [-0.3, -0.25) is 9.48 Å². The van der Waals surface area contributed by atoms with Gasteiger partial charge < -0.3 is 5.32 Å². The van der Waals surface area contributed by atoms with E-state index in [0.717, 1.165) is 18.6 Å². The van der Waals surface area contributed by atoms with Crippen molar-refractivity contribution in [3.8, 4) is 0 Å². The van der Waals surface area contributed by atoms with Crippen molar-refractivity contribution in [2.45, 2.75) is 44.9 Å². The Morgan fingerprint density at radius 3 is 2.79 bits per heavy atom. The van der Waals surface area contributed by atoms with Crippen LogP contribution in [0.5, 0.6) is 0 Å². The predicted molar refractivity (Wildman–Crippen MR) is 81.9 cm³/mol. The predicted octanol–water partition coefficient (Wildman–Crippen LogP) is 3.34. The molecule has 0 saturated carbocycles. The third-order valence-electron chi connectivity index (χ3n) is 3.56. The van der Waals surface area contributed by atoms with Crippen molar-refractivity contribution in [2.75, 3.05) is 0 Å². The summed E-state index contributed by atoms with van der Waals surface area (Å²) in [5.41, 5.74) is -0.251. The lowest BCUT2D eigenvalue weighted by Gasteiger charge is -2.20. The first-order valence-electron chi connectivity index (χ1n) is 7.69. The van der Waals surface area contributed by atoms with E-state index in [-0.39, 0.29) is 12.3 Å². The molecule has 0 bridgehead atoms. The molecule has 0 aliphatic rings. The number of amides is 1. The summed E-state index contributed by atoms with van der Waals surface area (Å²) in [5, 5.41) is 6.71. The zero-order valence-corrected chi connectivity index (χ0v) is 13.3. The number of carbonyl (C=O) groups is 1. The van der Waals surface area contributed by atoms with Crippen LogP contribution in [0.1, 0.15) is 43.4 Å². The molecule has 0 fully saturated rings. The SMILES string of the molecule is CCC[C@@H](NC(=O)CCn1cncn1)c1cccc(C(F)(F)F)c1. The van der Waals surface area contributed by atoms with E-state index in [1.54, 1.807) is 6.07 Å². The molecule has 0 aliphatic carbocycles. The van der Waals surface area contributed by atoms with Gasteiger partial charge in [0.05, 0.1) is 18.2 Å². The van der Waals surface area contributed by atoms with Crippen LogP contribution in [0.4, 0.5) is 13.2 Å². The molecule has 130 valence electrons. The lowest BCUT2D eigenvalue weighted by molar-refractivity contribution is -0.137. The van der Waals surface area contributed by atoms with Crippen LogP contribution in [0.3, 0.4) is 0 Å². The van der Waals surface area contributed by atoms with Crippen molar-refractivity contribution in [1.29, 1.82) is 0 Å². The molecule has 0 radical (unpaired) electrons. The Morgan fingerprint density at radius 1 is 1.38 bits per heavy atom. The van der Waals surface area contributed by atoms with Gasteiger partial charge in [0.25, 0.3) is 0 Å². The molecule has 0 aliphatic heterocycles. The molecule has 24 heavy (non-hydrogen) atoms. The number of aryl methyl sites for hydroxylation is 1. The van der Waals surface area contributed by atoms with E-state index in [1.807, 2.05) is 6.92 Å². The van der Waals surface area contributed by atoms with E-state index < -0.39 is 17.8 Å². The Labute approximate surface area is 137 Å². The number of nitrogens with one attached hydrogen (secondary N) is 1. The molecule has 0 saturated heterocycles. The van der Waals surface area contributed by atoms with Crippen molar-refractivity contribution >= 4 is 5.91 Å². The number of benzene rings is 1. The maximum absolute atomic E-state index is 12.9. The Kier molecular flexibility index (Phi) is 5.94. The van der Waals surface area contributed by atoms with Crippen LogP contribution in [0.15, 0.2) is 36.9 Å². The summed E-state index contributed by atoms with van der Waals surface area (Å²) in [6.45, 7) is 2.29. The first-order chi connectivity index (χ1) is 11.4. The van der Waals surface area contributed by atoms with E-state index in [0.29, 0.717) is 18.5 Å². The zero-order valence-electron chi connectivity index (χ0n) is 13.3. The summed E-state index contributed by atoms with van der Waals surface area (Å²) in [4.78, 5) is 15.9. The summed E-state index contributed by atoms with van der Waals surface area (Å²) >= 11 is 0. The van der Waals surface area contributed by atoms with Gasteiger partial charge in [0.1, 0.15) is 12.7 Å². The Bertz CT molecular complexity index is 656. The lowest BCUT2D eigenvalue weighted by Crippen LogP contribution is -2.29. The molecular formula is C16H19F3N4O. The number of carbonyl (C=O) groups excluding carboxylic acids is 1. The van der Waals surface area contributed by atoms with Gasteiger partial charge in [-0.25, -0.2) is 4.98 Å². The summed E-state index contributed by atoms with van der Waals surface area (Å²) in [5.74, 6) is -0.235. The molecule has 1 amide bonds. The number of nitrogens with zero attached hydrogens (tertiary/aromatic N) is 3. The molecule has 2 aromatic rings. The van der Waals surface area contributed by atoms with E-state index in [9.17, 15) is 18.0 Å². The summed E-state index contributed by atoms with van der Waals surface area (Å²) in [7, 11) is 0. The number of hydrogen-bond acceptors (Lipinski definition) is 3. The maximum atomic E-state index is 12.9. The largest absolute Gasteiger partial charge is 0.416 e. The Morgan fingerprint density at radius 2 is 2.17 bits per heavy atom. The maximum Gasteiger partial charge on any atom is 0.416 e. The highest BCUT2D eigenvalue weighted by Gasteiger charge is 2.31. The third-order valence-corrected chi connectivity index (χ3v) is 3.56. The quantitative estimate of drug-likeness (QED) is 0.841. The minimum absolute atomic E-state index is 0.183. The van der Waals surface area contributed by atoms with Crippen molar-refractivity contribution < 1.29 is 18.0 Å². The minimum Gasteiger partial charge on any atom is -0.349 e. The van der Waals surface area contributed by atoms with Crippen molar-refractivity contribution in [1.82, 2.24) is 20.1 Å². The van der Waals surface area contributed by atoms with Gasteiger partial charge in [-0.05, 0) is 24.1 Å². The van der Waals surface area contributed by atoms with E-state index >= 15 is 0 Å². The standard InChI is InChI=1S/C16H19F3N4O/c1-2-4-14(12-5-3-6-13(9-12)16(17,18)19)22-15(24)7-8-23-11-20-10-21-23/h3,5-6,9-11,14H,2,4,7-8H2,1H3,(H,22,24)/t14-/m1/s1. The van der Waals surface area contributed by atoms with Gasteiger partial charge in [-0.15, -0.1) is 0 Å². The van der Waals surface area contributed by atoms with Crippen molar-refractivity contribution in [3.05, 3.63) is 48.0 Å². The Balaban J connectivity index is 2.04. The molecule has 1 atom stereocenters. The number of hydrogen-bond donors (Lipinski definition) is 1. The molecular weight excluding hydrogens is 321 g/mol. The van der Waals surface area contributed by atoms with Gasteiger partial charge >= 0.3 is 6.18 Å². The van der Waals surface area contributed by atoms with Crippen LogP contribution in [0.2, 0.25) is 0 Å². The molecule has 2 rings (SSSR count). The molecule has 0 unspecified atom stereocenters. The highest BCUT2D eigenvalue weighted by Crippen LogP contribution is 2.31. The van der Waals surface area contributed by atoms with Crippen molar-refractivity contribution in [2.24, 2.45) is 0 Å². The fourth-order valence-electron chi connectivity index (χ4n) is 2.37. The molecule has 8 heteroatoms. The third kappa shape index (κ3) is 5.07.